The lowest BCUT2D eigenvalue weighted by Crippen LogP contribution is -2.40. The number of nitrogens with one attached hydrogen (secondary N) is 1. The number of benzene rings is 1. The van der Waals surface area contributed by atoms with Crippen molar-refractivity contribution in [3.05, 3.63) is 66.4 Å². The number of aromatic nitrogens is 3. The van der Waals surface area contributed by atoms with Gasteiger partial charge in [-0.3, -0.25) is 9.78 Å². The Morgan fingerprint density at radius 1 is 1.10 bits per heavy atom. The van der Waals surface area contributed by atoms with E-state index in [9.17, 15) is 9.18 Å². The van der Waals surface area contributed by atoms with Crippen LogP contribution in [-0.4, -0.2) is 38.8 Å². The number of hydrogen-bond donors (Lipinski definition) is 1. The molecule has 2 aromatic heterocycles. The van der Waals surface area contributed by atoms with E-state index in [2.05, 4.69) is 15.3 Å². The van der Waals surface area contributed by atoms with Gasteiger partial charge in [0.05, 0.1) is 5.69 Å². The number of amides is 1. The first-order valence-electron chi connectivity index (χ1n) is 10.8. The molecule has 0 radical (unpaired) electrons. The average Bonchev–Trinajstić information content (AvgIpc) is 3.65. The Balaban J connectivity index is 1.47. The van der Waals surface area contributed by atoms with Gasteiger partial charge >= 0.3 is 0 Å². The van der Waals surface area contributed by atoms with E-state index >= 15 is 0 Å². The number of carbonyl (C=O) groups excluding carboxylic acids is 1. The van der Waals surface area contributed by atoms with Gasteiger partial charge in [-0.15, -0.1) is 0 Å². The van der Waals surface area contributed by atoms with Crippen LogP contribution in [0.2, 0.25) is 0 Å². The van der Waals surface area contributed by atoms with Crippen LogP contribution in [0.1, 0.15) is 37.3 Å². The highest BCUT2D eigenvalue weighted by Gasteiger charge is 2.36. The molecule has 1 atom stereocenters. The molecule has 1 N–H and O–H groups in total. The molecule has 6 nitrogen and oxygen atoms in total. The lowest BCUT2D eigenvalue weighted by atomic mass is 9.94. The quantitative estimate of drug-likeness (QED) is 0.660. The van der Waals surface area contributed by atoms with Gasteiger partial charge in [-0.1, -0.05) is 6.07 Å². The van der Waals surface area contributed by atoms with E-state index in [1.165, 1.54) is 12.1 Å². The van der Waals surface area contributed by atoms with E-state index in [-0.39, 0.29) is 23.6 Å². The molecule has 31 heavy (non-hydrogen) atoms. The highest BCUT2D eigenvalue weighted by Crippen LogP contribution is 2.35. The minimum atomic E-state index is -0.312. The van der Waals surface area contributed by atoms with Gasteiger partial charge < -0.3 is 10.2 Å². The van der Waals surface area contributed by atoms with E-state index in [0.29, 0.717) is 23.9 Å². The molecular formula is C24H24FN5O. The molecule has 0 spiro atoms. The molecule has 2 aliphatic rings. The lowest BCUT2D eigenvalue weighted by molar-refractivity contribution is -0.133. The Bertz CT molecular complexity index is 1090. The fourth-order valence-electron chi connectivity index (χ4n) is 4.08. The van der Waals surface area contributed by atoms with E-state index < -0.39 is 0 Å². The standard InChI is InChI=1S/C24H24FN5O/c25-19-6-1-7-20(12-19)27-22-13-21(28-23(29-22)17-4-2-10-26-14-17)18-5-3-11-30(15-18)24(31)16-8-9-16/h1-2,4,6-7,10,12-14,16,18H,3,5,8-9,11,15H2,(H,27,28,29)/t18-/m0/s1. The summed E-state index contributed by atoms with van der Waals surface area (Å²) in [5.74, 6) is 1.50. The van der Waals surface area contributed by atoms with Crippen LogP contribution in [0.25, 0.3) is 11.4 Å². The molecule has 0 bridgehead atoms. The Labute approximate surface area is 180 Å². The van der Waals surface area contributed by atoms with Gasteiger partial charge in [0, 0.05) is 54.6 Å². The fraction of sp³-hybridized carbons (Fsp3) is 0.333. The summed E-state index contributed by atoms with van der Waals surface area (Å²) in [6.07, 6.45) is 7.40. The van der Waals surface area contributed by atoms with Gasteiger partial charge in [0.2, 0.25) is 5.91 Å². The molecule has 3 heterocycles. The Morgan fingerprint density at radius 2 is 2.00 bits per heavy atom. The molecule has 1 aliphatic heterocycles. The molecular weight excluding hydrogens is 393 g/mol. The highest BCUT2D eigenvalue weighted by molar-refractivity contribution is 5.81. The summed E-state index contributed by atoms with van der Waals surface area (Å²) in [6, 6.07) is 12.0. The number of carbonyl (C=O) groups is 1. The Morgan fingerprint density at radius 3 is 2.77 bits per heavy atom. The summed E-state index contributed by atoms with van der Waals surface area (Å²) in [7, 11) is 0. The first-order valence-corrected chi connectivity index (χ1v) is 10.8. The number of likely N-dealkylation sites (tertiary alicyclic amines) is 1. The van der Waals surface area contributed by atoms with Crippen LogP contribution in [0.3, 0.4) is 0 Å². The molecule has 3 aromatic rings. The normalized spacial score (nSPS) is 18.6. The van der Waals surface area contributed by atoms with Crippen molar-refractivity contribution in [1.82, 2.24) is 19.9 Å². The van der Waals surface area contributed by atoms with Crippen molar-refractivity contribution in [2.75, 3.05) is 18.4 Å². The van der Waals surface area contributed by atoms with Crippen molar-refractivity contribution < 1.29 is 9.18 Å². The first kappa shape index (κ1) is 19.6. The number of halogens is 1. The minimum absolute atomic E-state index is 0.142. The van der Waals surface area contributed by atoms with Crippen molar-refractivity contribution >= 4 is 17.4 Å². The van der Waals surface area contributed by atoms with Crippen LogP contribution >= 0.6 is 0 Å². The number of pyridine rings is 1. The molecule has 1 saturated carbocycles. The lowest BCUT2D eigenvalue weighted by Gasteiger charge is -2.33. The maximum Gasteiger partial charge on any atom is 0.225 e. The van der Waals surface area contributed by atoms with Crippen molar-refractivity contribution in [2.45, 2.75) is 31.6 Å². The summed E-state index contributed by atoms with van der Waals surface area (Å²) in [5, 5.41) is 3.20. The molecule has 0 unspecified atom stereocenters. The second-order valence-electron chi connectivity index (χ2n) is 8.28. The van der Waals surface area contributed by atoms with Gasteiger partial charge in [-0.2, -0.15) is 0 Å². The van der Waals surface area contributed by atoms with Crippen LogP contribution in [0.15, 0.2) is 54.9 Å². The summed E-state index contributed by atoms with van der Waals surface area (Å²) in [6.45, 7) is 1.50. The largest absolute Gasteiger partial charge is 0.342 e. The van der Waals surface area contributed by atoms with E-state index in [1.54, 1.807) is 24.5 Å². The maximum atomic E-state index is 13.7. The number of piperidine rings is 1. The monoisotopic (exact) mass is 417 g/mol. The molecule has 2 fully saturated rings. The predicted octanol–water partition coefficient (Wildman–Crippen LogP) is 4.54. The van der Waals surface area contributed by atoms with Gasteiger partial charge in [-0.05, 0) is 56.0 Å². The topological polar surface area (TPSA) is 71.0 Å². The van der Waals surface area contributed by atoms with Crippen molar-refractivity contribution in [1.29, 1.82) is 0 Å². The number of nitrogens with zero attached hydrogens (tertiary/aromatic N) is 4. The highest BCUT2D eigenvalue weighted by atomic mass is 19.1. The maximum absolute atomic E-state index is 13.7. The molecule has 1 amide bonds. The molecule has 7 heteroatoms. The zero-order valence-corrected chi connectivity index (χ0v) is 17.2. The second kappa shape index (κ2) is 8.41. The SMILES string of the molecule is O=C(C1CC1)N1CCC[C@H](c2cc(Nc3cccc(F)c3)nc(-c3cccnc3)n2)C1. The summed E-state index contributed by atoms with van der Waals surface area (Å²) in [4.78, 5) is 28.3. The average molecular weight is 417 g/mol. The molecule has 158 valence electrons. The summed E-state index contributed by atoms with van der Waals surface area (Å²) < 4.78 is 13.7. The van der Waals surface area contributed by atoms with Crippen LogP contribution < -0.4 is 5.32 Å². The smallest absolute Gasteiger partial charge is 0.225 e. The third-order valence-electron chi connectivity index (χ3n) is 5.84. The van der Waals surface area contributed by atoms with Gasteiger partial charge in [0.15, 0.2) is 5.82 Å². The molecule has 1 aliphatic carbocycles. The van der Waals surface area contributed by atoms with Crippen LogP contribution in [0, 0.1) is 11.7 Å². The number of hydrogen-bond acceptors (Lipinski definition) is 5. The number of rotatable bonds is 5. The van der Waals surface area contributed by atoms with Gasteiger partial charge in [-0.25, -0.2) is 14.4 Å². The van der Waals surface area contributed by atoms with Crippen molar-refractivity contribution in [3.63, 3.8) is 0 Å². The van der Waals surface area contributed by atoms with Crippen molar-refractivity contribution in [3.8, 4) is 11.4 Å². The molecule has 1 aromatic carbocycles. The zero-order valence-electron chi connectivity index (χ0n) is 17.2. The minimum Gasteiger partial charge on any atom is -0.342 e. The first-order chi connectivity index (χ1) is 15.2. The van der Waals surface area contributed by atoms with Crippen LogP contribution in [0.4, 0.5) is 15.9 Å². The summed E-state index contributed by atoms with van der Waals surface area (Å²) >= 11 is 0. The predicted molar refractivity (Wildman–Crippen MR) is 116 cm³/mol. The third kappa shape index (κ3) is 4.55. The van der Waals surface area contributed by atoms with Crippen molar-refractivity contribution in [2.24, 2.45) is 5.92 Å². The van der Waals surface area contributed by atoms with Crippen LogP contribution in [0.5, 0.6) is 0 Å². The number of anilines is 2. The Kier molecular flexibility index (Phi) is 5.32. The molecule has 5 rings (SSSR count). The van der Waals surface area contributed by atoms with Gasteiger partial charge in [0.25, 0.3) is 0 Å². The summed E-state index contributed by atoms with van der Waals surface area (Å²) in [5.41, 5.74) is 2.32. The Hall–Kier alpha value is -3.35. The van der Waals surface area contributed by atoms with E-state index in [1.807, 2.05) is 23.1 Å². The van der Waals surface area contributed by atoms with E-state index in [0.717, 1.165) is 43.5 Å². The van der Waals surface area contributed by atoms with E-state index in [4.69, 9.17) is 4.98 Å². The van der Waals surface area contributed by atoms with Crippen LogP contribution in [-0.2, 0) is 4.79 Å². The van der Waals surface area contributed by atoms with Gasteiger partial charge in [0.1, 0.15) is 11.6 Å². The third-order valence-corrected chi connectivity index (χ3v) is 5.84. The zero-order chi connectivity index (χ0) is 21.2. The fourth-order valence-corrected chi connectivity index (χ4v) is 4.08. The second-order valence-corrected chi connectivity index (χ2v) is 8.28. The molecule has 1 saturated heterocycles.